The minimum Gasteiger partial charge on any atom is -0.387 e. The van der Waals surface area contributed by atoms with Crippen molar-refractivity contribution in [2.75, 3.05) is 6.54 Å². The molecular weight excluding hydrogens is 150 g/mol. The van der Waals surface area contributed by atoms with E-state index in [1.165, 1.54) is 0 Å². The van der Waals surface area contributed by atoms with E-state index >= 15 is 0 Å². The van der Waals surface area contributed by atoms with Gasteiger partial charge in [-0.05, 0) is 5.56 Å². The third-order valence-corrected chi connectivity index (χ3v) is 1.41. The van der Waals surface area contributed by atoms with Crippen molar-refractivity contribution in [3.8, 4) is 0 Å². The molecule has 0 amide bonds. The zero-order valence-corrected chi connectivity index (χ0v) is 7.70. The van der Waals surface area contributed by atoms with Crippen molar-refractivity contribution in [2.45, 2.75) is 20.0 Å². The van der Waals surface area contributed by atoms with Crippen LogP contribution in [0.3, 0.4) is 0 Å². The van der Waals surface area contributed by atoms with Gasteiger partial charge >= 0.3 is 0 Å². The number of hydrogen-bond acceptors (Lipinski definition) is 2. The van der Waals surface area contributed by atoms with Crippen molar-refractivity contribution in [1.29, 1.82) is 0 Å². The van der Waals surface area contributed by atoms with Crippen LogP contribution in [-0.2, 0) is 0 Å². The van der Waals surface area contributed by atoms with Crippen molar-refractivity contribution >= 4 is 0 Å². The summed E-state index contributed by atoms with van der Waals surface area (Å²) in [6.45, 7) is 4.28. The fourth-order valence-corrected chi connectivity index (χ4v) is 0.811. The molecule has 0 aromatic heterocycles. The summed E-state index contributed by atoms with van der Waals surface area (Å²) in [7, 11) is 0. The van der Waals surface area contributed by atoms with Crippen LogP contribution < -0.4 is 5.73 Å². The van der Waals surface area contributed by atoms with Crippen LogP contribution in [0, 0.1) is 0 Å². The lowest BCUT2D eigenvalue weighted by Gasteiger charge is -2.05. The van der Waals surface area contributed by atoms with Gasteiger partial charge in [-0.3, -0.25) is 0 Å². The highest BCUT2D eigenvalue weighted by molar-refractivity contribution is 5.17. The summed E-state index contributed by atoms with van der Waals surface area (Å²) in [4.78, 5) is 0. The number of nitrogens with two attached hydrogens (primary N) is 1. The molecular formula is C10H17NO. The van der Waals surface area contributed by atoms with E-state index in [4.69, 9.17) is 5.73 Å². The van der Waals surface area contributed by atoms with E-state index in [0.717, 1.165) is 5.56 Å². The molecule has 2 heteroatoms. The number of benzene rings is 1. The first-order valence-electron chi connectivity index (χ1n) is 4.27. The fraction of sp³-hybridized carbons (Fsp3) is 0.400. The van der Waals surface area contributed by atoms with Gasteiger partial charge in [0.15, 0.2) is 0 Å². The minimum absolute atomic E-state index is 0.282. The van der Waals surface area contributed by atoms with Crippen molar-refractivity contribution in [3.63, 3.8) is 0 Å². The average molecular weight is 167 g/mol. The van der Waals surface area contributed by atoms with E-state index in [9.17, 15) is 5.11 Å². The van der Waals surface area contributed by atoms with Crippen LogP contribution in [0.2, 0.25) is 0 Å². The molecule has 1 aromatic rings. The zero-order chi connectivity index (χ0) is 9.40. The summed E-state index contributed by atoms with van der Waals surface area (Å²) >= 11 is 0. The van der Waals surface area contributed by atoms with Crippen LogP contribution in [0.25, 0.3) is 0 Å². The van der Waals surface area contributed by atoms with Crippen LogP contribution in [0.4, 0.5) is 0 Å². The Hall–Kier alpha value is -0.860. The Balaban J connectivity index is 0.000000561. The Morgan fingerprint density at radius 1 is 1.25 bits per heavy atom. The number of aliphatic hydroxyl groups excluding tert-OH is 1. The highest BCUT2D eigenvalue weighted by Gasteiger charge is 2.01. The predicted octanol–water partition coefficient (Wildman–Crippen LogP) is 1.70. The Kier molecular flexibility index (Phi) is 6.34. The molecule has 1 atom stereocenters. The molecule has 1 aromatic carbocycles. The highest BCUT2D eigenvalue weighted by atomic mass is 16.3. The van der Waals surface area contributed by atoms with E-state index < -0.39 is 6.10 Å². The average Bonchev–Trinajstić information content (AvgIpc) is 2.21. The van der Waals surface area contributed by atoms with Gasteiger partial charge in [-0.2, -0.15) is 0 Å². The summed E-state index contributed by atoms with van der Waals surface area (Å²) in [6, 6.07) is 9.39. The zero-order valence-electron chi connectivity index (χ0n) is 7.70. The molecule has 0 spiro atoms. The largest absolute Gasteiger partial charge is 0.387 e. The van der Waals surface area contributed by atoms with Crippen LogP contribution in [0.15, 0.2) is 30.3 Å². The van der Waals surface area contributed by atoms with Crippen LogP contribution in [-0.4, -0.2) is 11.7 Å². The van der Waals surface area contributed by atoms with Gasteiger partial charge < -0.3 is 10.8 Å². The van der Waals surface area contributed by atoms with Gasteiger partial charge in [-0.15, -0.1) is 0 Å². The lowest BCUT2D eigenvalue weighted by molar-refractivity contribution is 0.187. The Morgan fingerprint density at radius 2 is 1.75 bits per heavy atom. The van der Waals surface area contributed by atoms with Gasteiger partial charge in [0.05, 0.1) is 6.10 Å². The van der Waals surface area contributed by atoms with E-state index in [1.807, 2.05) is 44.2 Å². The molecule has 0 aliphatic heterocycles. The van der Waals surface area contributed by atoms with E-state index in [1.54, 1.807) is 0 Å². The smallest absolute Gasteiger partial charge is 0.0912 e. The first-order valence-corrected chi connectivity index (χ1v) is 4.27. The van der Waals surface area contributed by atoms with Gasteiger partial charge in [0.2, 0.25) is 0 Å². The molecule has 0 fully saturated rings. The molecule has 2 nitrogen and oxygen atoms in total. The van der Waals surface area contributed by atoms with E-state index in [2.05, 4.69) is 0 Å². The van der Waals surface area contributed by atoms with Crippen molar-refractivity contribution in [1.82, 2.24) is 0 Å². The molecule has 0 saturated carbocycles. The number of rotatable bonds is 2. The first kappa shape index (κ1) is 11.1. The second-order valence-corrected chi connectivity index (χ2v) is 2.16. The highest BCUT2D eigenvalue weighted by Crippen LogP contribution is 2.08. The van der Waals surface area contributed by atoms with Crippen molar-refractivity contribution < 1.29 is 5.11 Å². The third-order valence-electron chi connectivity index (χ3n) is 1.41. The molecule has 68 valence electrons. The molecule has 0 aliphatic carbocycles. The maximum Gasteiger partial charge on any atom is 0.0912 e. The molecule has 0 saturated heterocycles. The van der Waals surface area contributed by atoms with Crippen molar-refractivity contribution in [2.24, 2.45) is 5.73 Å². The number of hydrogen-bond donors (Lipinski definition) is 2. The van der Waals surface area contributed by atoms with Crippen LogP contribution in [0.5, 0.6) is 0 Å². The maximum absolute atomic E-state index is 9.20. The SMILES string of the molecule is CC.NCC(O)c1ccccc1. The quantitative estimate of drug-likeness (QED) is 0.704. The van der Waals surface area contributed by atoms with Crippen molar-refractivity contribution in [3.05, 3.63) is 35.9 Å². The Labute approximate surface area is 74.0 Å². The monoisotopic (exact) mass is 167 g/mol. The van der Waals surface area contributed by atoms with Crippen LogP contribution in [0.1, 0.15) is 25.5 Å². The minimum atomic E-state index is -0.513. The molecule has 12 heavy (non-hydrogen) atoms. The summed E-state index contributed by atoms with van der Waals surface area (Å²) in [5.74, 6) is 0. The normalized spacial score (nSPS) is 11.3. The van der Waals surface area contributed by atoms with Gasteiger partial charge in [0, 0.05) is 6.54 Å². The molecule has 3 N–H and O–H groups in total. The van der Waals surface area contributed by atoms with E-state index in [-0.39, 0.29) is 6.54 Å². The molecule has 1 unspecified atom stereocenters. The van der Waals surface area contributed by atoms with Gasteiger partial charge in [-0.25, -0.2) is 0 Å². The summed E-state index contributed by atoms with van der Waals surface area (Å²) in [5.41, 5.74) is 6.13. The standard InChI is InChI=1S/C8H11NO.C2H6/c9-6-8(10)7-4-2-1-3-5-7;1-2/h1-5,8,10H,6,9H2;1-2H3. The molecule has 0 aliphatic rings. The van der Waals surface area contributed by atoms with Gasteiger partial charge in [0.1, 0.15) is 0 Å². The Morgan fingerprint density at radius 3 is 2.17 bits per heavy atom. The molecule has 0 radical (unpaired) electrons. The summed E-state index contributed by atoms with van der Waals surface area (Å²) < 4.78 is 0. The maximum atomic E-state index is 9.20. The summed E-state index contributed by atoms with van der Waals surface area (Å²) in [6.07, 6.45) is -0.513. The second-order valence-electron chi connectivity index (χ2n) is 2.16. The lowest BCUT2D eigenvalue weighted by atomic mass is 10.1. The second kappa shape index (κ2) is 6.83. The third kappa shape index (κ3) is 3.51. The van der Waals surface area contributed by atoms with Crippen LogP contribution >= 0.6 is 0 Å². The molecule has 0 bridgehead atoms. The molecule has 0 heterocycles. The predicted molar refractivity (Wildman–Crippen MR) is 51.8 cm³/mol. The fourth-order valence-electron chi connectivity index (χ4n) is 0.811. The number of aliphatic hydroxyl groups is 1. The topological polar surface area (TPSA) is 46.2 Å². The van der Waals surface area contributed by atoms with Gasteiger partial charge in [-0.1, -0.05) is 44.2 Å². The van der Waals surface area contributed by atoms with E-state index in [0.29, 0.717) is 0 Å². The Bertz CT molecular complexity index is 186. The lowest BCUT2D eigenvalue weighted by Crippen LogP contribution is -2.10. The first-order chi connectivity index (χ1) is 5.84. The van der Waals surface area contributed by atoms with Gasteiger partial charge in [0.25, 0.3) is 0 Å². The molecule has 1 rings (SSSR count). The summed E-state index contributed by atoms with van der Waals surface area (Å²) in [5, 5.41) is 9.20.